The van der Waals surface area contributed by atoms with Crippen LogP contribution < -0.4 is 5.32 Å². The van der Waals surface area contributed by atoms with Crippen molar-refractivity contribution >= 4 is 29.6 Å². The van der Waals surface area contributed by atoms with Gasteiger partial charge in [-0.2, -0.15) is 0 Å². The van der Waals surface area contributed by atoms with Gasteiger partial charge >= 0.3 is 5.97 Å². The molecule has 0 aromatic heterocycles. The number of halogens is 1. The Kier molecular flexibility index (Phi) is 5.93. The molecule has 6 heteroatoms. The second-order valence-corrected chi connectivity index (χ2v) is 5.53. The van der Waals surface area contributed by atoms with E-state index in [9.17, 15) is 14.7 Å². The zero-order valence-corrected chi connectivity index (χ0v) is 12.6. The fraction of sp³-hybridized carbons (Fsp3) is 0.333. The first-order valence-corrected chi connectivity index (χ1v) is 6.74. The van der Waals surface area contributed by atoms with Gasteiger partial charge in [-0.25, -0.2) is 0 Å². The number of aryl methyl sites for hydroxylation is 1. The number of nitrogens with one attached hydrogen (secondary N) is 1. The average Bonchev–Trinajstić information content (AvgIpc) is 2.36. The van der Waals surface area contributed by atoms with Crippen molar-refractivity contribution in [2.45, 2.75) is 25.9 Å². The highest BCUT2D eigenvalue weighted by Gasteiger charge is 2.24. The third-order valence-corrected chi connectivity index (χ3v) is 3.21. The lowest BCUT2D eigenvalue weighted by Crippen LogP contribution is -2.41. The zero-order valence-electron chi connectivity index (χ0n) is 11.9. The van der Waals surface area contributed by atoms with Gasteiger partial charge in [-0.05, 0) is 37.1 Å². The number of carboxylic acids is 1. The largest absolute Gasteiger partial charge is 0.481 e. The maximum absolute atomic E-state index is 11.6. The Hall–Kier alpha value is -1.85. The predicted molar refractivity (Wildman–Crippen MR) is 81.1 cm³/mol. The van der Waals surface area contributed by atoms with Gasteiger partial charge in [0.25, 0.3) is 0 Å². The zero-order chi connectivity index (χ0) is 16.0. The first kappa shape index (κ1) is 17.2. The van der Waals surface area contributed by atoms with Gasteiger partial charge in [-0.15, -0.1) is 0 Å². The molecule has 0 aliphatic carbocycles. The minimum Gasteiger partial charge on any atom is -0.481 e. The molecule has 1 unspecified atom stereocenters. The number of amides is 1. The third-order valence-electron chi connectivity index (χ3n) is 2.80. The SMILES string of the molecule is Cc1ccc(C=CC(=O)NCC(C)(O)CC(=O)O)cc1Cl. The maximum Gasteiger partial charge on any atom is 0.306 e. The Morgan fingerprint density at radius 1 is 1.43 bits per heavy atom. The molecule has 3 N–H and O–H groups in total. The molecule has 0 saturated carbocycles. The van der Waals surface area contributed by atoms with Crippen LogP contribution in [0.5, 0.6) is 0 Å². The van der Waals surface area contributed by atoms with Crippen LogP contribution in [0.4, 0.5) is 0 Å². The molecular weight excluding hydrogens is 294 g/mol. The molecule has 1 amide bonds. The lowest BCUT2D eigenvalue weighted by molar-refractivity contribution is -0.142. The number of benzene rings is 1. The Morgan fingerprint density at radius 2 is 2.10 bits per heavy atom. The van der Waals surface area contributed by atoms with Crippen LogP contribution in [0, 0.1) is 6.92 Å². The van der Waals surface area contributed by atoms with E-state index in [0.29, 0.717) is 5.02 Å². The Morgan fingerprint density at radius 3 is 2.67 bits per heavy atom. The van der Waals surface area contributed by atoms with Gasteiger partial charge in [0.05, 0.1) is 12.0 Å². The molecule has 0 heterocycles. The van der Waals surface area contributed by atoms with Gasteiger partial charge in [0.2, 0.25) is 5.91 Å². The van der Waals surface area contributed by atoms with E-state index in [-0.39, 0.29) is 6.54 Å². The van der Waals surface area contributed by atoms with E-state index in [1.807, 2.05) is 19.1 Å². The van der Waals surface area contributed by atoms with Crippen molar-refractivity contribution in [3.8, 4) is 0 Å². The van der Waals surface area contributed by atoms with E-state index in [4.69, 9.17) is 16.7 Å². The van der Waals surface area contributed by atoms with Crippen LogP contribution in [0.15, 0.2) is 24.3 Å². The van der Waals surface area contributed by atoms with Gasteiger partial charge in [0.1, 0.15) is 0 Å². The fourth-order valence-electron chi connectivity index (χ4n) is 1.61. The Bertz CT molecular complexity index is 567. The number of rotatable bonds is 6. The molecule has 0 fully saturated rings. The second-order valence-electron chi connectivity index (χ2n) is 5.13. The summed E-state index contributed by atoms with van der Waals surface area (Å²) < 4.78 is 0. The summed E-state index contributed by atoms with van der Waals surface area (Å²) in [4.78, 5) is 22.1. The third kappa shape index (κ3) is 6.42. The van der Waals surface area contributed by atoms with E-state index in [2.05, 4.69) is 5.32 Å². The number of carbonyl (C=O) groups excluding carboxylic acids is 1. The number of aliphatic carboxylic acids is 1. The lowest BCUT2D eigenvalue weighted by atomic mass is 10.0. The highest BCUT2D eigenvalue weighted by atomic mass is 35.5. The van der Waals surface area contributed by atoms with E-state index in [1.54, 1.807) is 12.1 Å². The van der Waals surface area contributed by atoms with Crippen LogP contribution in [0.2, 0.25) is 5.02 Å². The summed E-state index contributed by atoms with van der Waals surface area (Å²) >= 11 is 5.98. The molecule has 1 aromatic rings. The molecule has 0 aliphatic heterocycles. The maximum atomic E-state index is 11.6. The lowest BCUT2D eigenvalue weighted by Gasteiger charge is -2.20. The summed E-state index contributed by atoms with van der Waals surface area (Å²) in [6, 6.07) is 5.41. The number of hydrogen-bond acceptors (Lipinski definition) is 3. The van der Waals surface area contributed by atoms with Crippen LogP contribution >= 0.6 is 11.6 Å². The average molecular weight is 312 g/mol. The first-order valence-electron chi connectivity index (χ1n) is 6.36. The van der Waals surface area contributed by atoms with Crippen molar-refractivity contribution in [1.29, 1.82) is 0 Å². The molecule has 0 bridgehead atoms. The monoisotopic (exact) mass is 311 g/mol. The van der Waals surface area contributed by atoms with Crippen molar-refractivity contribution in [2.75, 3.05) is 6.54 Å². The number of hydrogen-bond donors (Lipinski definition) is 3. The van der Waals surface area contributed by atoms with Crippen molar-refractivity contribution in [3.05, 3.63) is 40.4 Å². The highest BCUT2D eigenvalue weighted by Crippen LogP contribution is 2.17. The van der Waals surface area contributed by atoms with Crippen LogP contribution in [-0.2, 0) is 9.59 Å². The summed E-state index contributed by atoms with van der Waals surface area (Å²) in [5.41, 5.74) is 0.240. The normalized spacial score (nSPS) is 13.9. The predicted octanol–water partition coefficient (Wildman–Crippen LogP) is 2.00. The van der Waals surface area contributed by atoms with E-state index >= 15 is 0 Å². The molecule has 1 atom stereocenters. The van der Waals surface area contributed by atoms with Crippen molar-refractivity contribution < 1.29 is 19.8 Å². The molecule has 21 heavy (non-hydrogen) atoms. The standard InChI is InChI=1S/C15H18ClNO4/c1-10-3-4-11(7-12(10)16)5-6-13(18)17-9-15(2,21)8-14(19)20/h3-7,21H,8-9H2,1-2H3,(H,17,18)(H,19,20). The van der Waals surface area contributed by atoms with Gasteiger partial charge in [0.15, 0.2) is 0 Å². The van der Waals surface area contributed by atoms with Crippen LogP contribution in [-0.4, -0.2) is 34.2 Å². The van der Waals surface area contributed by atoms with Crippen molar-refractivity contribution in [1.82, 2.24) is 5.32 Å². The summed E-state index contributed by atoms with van der Waals surface area (Å²) in [6.45, 7) is 3.09. The quantitative estimate of drug-likeness (QED) is 0.701. The van der Waals surface area contributed by atoms with E-state index in [0.717, 1.165) is 11.1 Å². The molecule has 0 aliphatic rings. The number of carboxylic acid groups (broad SMARTS) is 1. The Balaban J connectivity index is 2.55. The Labute approximate surface area is 128 Å². The fourth-order valence-corrected chi connectivity index (χ4v) is 1.80. The summed E-state index contributed by atoms with van der Waals surface area (Å²) in [5.74, 6) is -1.54. The minimum atomic E-state index is -1.48. The highest BCUT2D eigenvalue weighted by molar-refractivity contribution is 6.31. The van der Waals surface area contributed by atoms with Crippen molar-refractivity contribution in [2.24, 2.45) is 0 Å². The van der Waals surface area contributed by atoms with Crippen LogP contribution in [0.3, 0.4) is 0 Å². The first-order chi connectivity index (χ1) is 9.69. The van der Waals surface area contributed by atoms with E-state index < -0.39 is 23.9 Å². The topological polar surface area (TPSA) is 86.6 Å². The molecule has 114 valence electrons. The van der Waals surface area contributed by atoms with E-state index in [1.165, 1.54) is 13.0 Å². The molecule has 0 saturated heterocycles. The van der Waals surface area contributed by atoms with Crippen LogP contribution in [0.25, 0.3) is 6.08 Å². The van der Waals surface area contributed by atoms with Gasteiger partial charge in [-0.1, -0.05) is 23.7 Å². The smallest absolute Gasteiger partial charge is 0.306 e. The van der Waals surface area contributed by atoms with Gasteiger partial charge in [-0.3, -0.25) is 9.59 Å². The van der Waals surface area contributed by atoms with Gasteiger partial charge < -0.3 is 15.5 Å². The van der Waals surface area contributed by atoms with Gasteiger partial charge in [0, 0.05) is 17.6 Å². The molecule has 0 radical (unpaired) electrons. The second kappa shape index (κ2) is 7.24. The molecular formula is C15H18ClNO4. The summed E-state index contributed by atoms with van der Waals surface area (Å²) in [7, 11) is 0. The summed E-state index contributed by atoms with van der Waals surface area (Å²) in [6.07, 6.45) is 2.45. The molecule has 5 nitrogen and oxygen atoms in total. The molecule has 1 rings (SSSR count). The minimum absolute atomic E-state index is 0.142. The number of carbonyl (C=O) groups is 2. The van der Waals surface area contributed by atoms with Crippen molar-refractivity contribution in [3.63, 3.8) is 0 Å². The van der Waals surface area contributed by atoms with Crippen LogP contribution in [0.1, 0.15) is 24.5 Å². The number of aliphatic hydroxyl groups is 1. The molecule has 0 spiro atoms. The summed E-state index contributed by atoms with van der Waals surface area (Å²) in [5, 5.41) is 21.4. The molecule has 1 aromatic carbocycles.